The van der Waals surface area contributed by atoms with Crippen molar-refractivity contribution < 1.29 is 53.1 Å². The van der Waals surface area contributed by atoms with Gasteiger partial charge in [-0.2, -0.15) is 0 Å². The number of benzene rings is 3. The SMILES string of the molecule is C.CCc1ccccc1C(C)=O.C[C@H](NN[C@@H](Cc1ccccc1)C(=O)N1CCC[C@H]1C(=O)C(=O)[C@H](CCCCN)Nc1ccc([N+](=O)[O-])cc1[N+](=O)[O-])C(=O)ON[C@@H](CCCN=C(N)N)C(=O)ON[C@H](C=O)CCCN=C(N)N. The van der Waals surface area contributed by atoms with Gasteiger partial charge < -0.3 is 53.4 Å². The molecule has 80 heavy (non-hydrogen) atoms. The first-order chi connectivity index (χ1) is 37.7. The van der Waals surface area contributed by atoms with Crippen LogP contribution >= 0.6 is 0 Å². The zero-order valence-corrected chi connectivity index (χ0v) is 44.5. The van der Waals surface area contributed by atoms with Crippen LogP contribution in [0.4, 0.5) is 17.1 Å². The number of non-ortho nitro benzene ring substituents is 1. The Kier molecular flexibility index (Phi) is 30.5. The summed E-state index contributed by atoms with van der Waals surface area (Å²) < 4.78 is 0. The molecule has 6 atom stereocenters. The Morgan fingerprint density at radius 1 is 0.787 bits per heavy atom. The fourth-order valence-electron chi connectivity index (χ4n) is 8.03. The first kappa shape index (κ1) is 67.8. The number of hydroxylamine groups is 2. The van der Waals surface area contributed by atoms with E-state index in [1.165, 1.54) is 11.8 Å². The van der Waals surface area contributed by atoms with Crippen molar-refractivity contribution in [3.63, 3.8) is 0 Å². The van der Waals surface area contributed by atoms with Crippen LogP contribution in [0.15, 0.2) is 82.8 Å². The molecule has 1 heterocycles. The van der Waals surface area contributed by atoms with Crippen molar-refractivity contribution in [2.75, 3.05) is 31.5 Å². The number of nitrogens with zero attached hydrogens (tertiary/aromatic N) is 5. The van der Waals surface area contributed by atoms with Crippen LogP contribution < -0.4 is 55.8 Å². The number of hydrogen-bond donors (Lipinski definition) is 10. The van der Waals surface area contributed by atoms with Gasteiger partial charge in [0.15, 0.2) is 17.7 Å². The lowest BCUT2D eigenvalue weighted by atomic mass is 9.96. The van der Waals surface area contributed by atoms with Crippen molar-refractivity contribution in [2.45, 2.75) is 135 Å². The third-order valence-corrected chi connectivity index (χ3v) is 12.2. The van der Waals surface area contributed by atoms with Gasteiger partial charge >= 0.3 is 11.9 Å². The molecule has 1 aliphatic rings. The second-order valence-corrected chi connectivity index (χ2v) is 18.2. The first-order valence-electron chi connectivity index (χ1n) is 25.6. The molecule has 3 aromatic rings. The van der Waals surface area contributed by atoms with E-state index in [1.54, 1.807) is 37.3 Å². The highest BCUT2D eigenvalue weighted by Gasteiger charge is 2.42. The molecule has 0 saturated carbocycles. The van der Waals surface area contributed by atoms with E-state index in [0.717, 1.165) is 35.7 Å². The summed E-state index contributed by atoms with van der Waals surface area (Å²) in [6.45, 7) is 5.77. The number of carbonyl (C=O) groups excluding carboxylic acids is 7. The van der Waals surface area contributed by atoms with Crippen LogP contribution in [-0.4, -0.2) is 131 Å². The summed E-state index contributed by atoms with van der Waals surface area (Å²) in [6, 6.07) is 12.4. The number of hydrogen-bond acceptors (Lipinski definition) is 21. The number of ketones is 3. The largest absolute Gasteiger partial charge is 0.370 e. The average molecular weight is 1120 g/mol. The summed E-state index contributed by atoms with van der Waals surface area (Å²) in [6.07, 6.45) is 3.67. The van der Waals surface area contributed by atoms with Crippen molar-refractivity contribution in [1.29, 1.82) is 0 Å². The Bertz CT molecular complexity index is 2600. The molecule has 0 unspecified atom stereocenters. The van der Waals surface area contributed by atoms with Crippen LogP contribution in [0.5, 0.6) is 0 Å². The van der Waals surface area contributed by atoms with E-state index in [1.807, 2.05) is 24.3 Å². The summed E-state index contributed by atoms with van der Waals surface area (Å²) in [7, 11) is 0. The smallest absolute Gasteiger partial charge is 0.345 e. The number of hydrazine groups is 1. The molecule has 0 aliphatic carbocycles. The highest BCUT2D eigenvalue weighted by molar-refractivity contribution is 6.41. The maximum atomic E-state index is 14.4. The maximum Gasteiger partial charge on any atom is 0.345 e. The Morgan fingerprint density at radius 3 is 2.00 bits per heavy atom. The number of aldehydes is 1. The molecule has 28 nitrogen and oxygen atoms in total. The topological polar surface area (TPSA) is 442 Å². The Morgan fingerprint density at radius 2 is 1.41 bits per heavy atom. The standard InChI is InChI=1S/C41H61N15O12.C10H12O.CH4/c1-25(38(61)67-53-31(14-8-20-48-41(45)46)39(62)68-52-27(24-57)12-7-19-47-40(43)44)50-51-32(22-26-10-3-2-4-11-26)37(60)54-21-9-15-33(54)36(59)35(58)30(13-5-6-18-42)49-29-17-16-28(55(63)64)23-34(29)56(65)66;1-3-9-6-4-5-7-10(9)8(2)11;/h2-4,10-11,16-17,23-25,27,30-33,49-53H,5-9,12-15,18-22,42H2,1H3,(H4,43,44,47)(H4,45,46,48);4-7H,3H2,1-2H3;1H4/t25-,27-,30-,31-,32-,33-;;/m0../s1. The lowest BCUT2D eigenvalue weighted by Crippen LogP contribution is -2.58. The molecule has 0 aromatic heterocycles. The molecule has 1 saturated heterocycles. The number of likely N-dealkylation sites (tertiary alicyclic amines) is 1. The molecule has 15 N–H and O–H groups in total. The Labute approximate surface area is 464 Å². The first-order valence-corrected chi connectivity index (χ1v) is 25.6. The van der Waals surface area contributed by atoms with E-state index in [2.05, 4.69) is 44.0 Å². The van der Waals surface area contributed by atoms with E-state index in [0.29, 0.717) is 37.5 Å². The molecule has 0 spiro atoms. The molecule has 1 fully saturated rings. The summed E-state index contributed by atoms with van der Waals surface area (Å²) >= 11 is 0. The number of nitrogens with two attached hydrogens (primary N) is 5. The third kappa shape index (κ3) is 23.0. The van der Waals surface area contributed by atoms with Crippen molar-refractivity contribution in [1.82, 2.24) is 26.7 Å². The molecule has 0 bridgehead atoms. The number of amides is 1. The van der Waals surface area contributed by atoms with E-state index < -0.39 is 86.9 Å². The quantitative estimate of drug-likeness (QED) is 0.00596. The summed E-state index contributed by atoms with van der Waals surface area (Å²) in [5.74, 6) is -4.49. The maximum absolute atomic E-state index is 14.4. The number of aryl methyl sites for hydroxylation is 1. The second-order valence-electron chi connectivity index (χ2n) is 18.2. The van der Waals surface area contributed by atoms with Gasteiger partial charge in [0, 0.05) is 31.3 Å². The molecule has 438 valence electrons. The van der Waals surface area contributed by atoms with Gasteiger partial charge in [0.1, 0.15) is 30.1 Å². The summed E-state index contributed by atoms with van der Waals surface area (Å²) in [4.78, 5) is 132. The predicted molar refractivity (Wildman–Crippen MR) is 299 cm³/mol. The fraction of sp³-hybridized carbons (Fsp3) is 0.481. The van der Waals surface area contributed by atoms with Gasteiger partial charge in [-0.25, -0.2) is 20.4 Å². The normalized spacial score (nSPS) is 14.4. The van der Waals surface area contributed by atoms with E-state index >= 15 is 0 Å². The number of rotatable bonds is 34. The number of nitro benzene ring substituents is 2. The molecule has 4 rings (SSSR count). The fourth-order valence-corrected chi connectivity index (χ4v) is 8.03. The number of carbonyl (C=O) groups is 7. The number of guanidine groups is 2. The highest BCUT2D eigenvalue weighted by Crippen LogP contribution is 2.31. The van der Waals surface area contributed by atoms with Crippen molar-refractivity contribution in [3.8, 4) is 0 Å². The predicted octanol–water partition coefficient (Wildman–Crippen LogP) is 1.86. The van der Waals surface area contributed by atoms with Crippen LogP contribution in [-0.2, 0) is 51.3 Å². The second kappa shape index (κ2) is 36.0. The van der Waals surface area contributed by atoms with Crippen molar-refractivity contribution in [2.24, 2.45) is 38.7 Å². The minimum atomic E-state index is -1.30. The van der Waals surface area contributed by atoms with E-state index in [-0.39, 0.29) is 95.5 Å². The average Bonchev–Trinajstić information content (AvgIpc) is 3.93. The number of aliphatic imine (C=N–C) groups is 2. The van der Waals surface area contributed by atoms with Crippen LogP contribution in [0.3, 0.4) is 0 Å². The van der Waals surface area contributed by atoms with Crippen LogP contribution in [0.25, 0.3) is 0 Å². The van der Waals surface area contributed by atoms with Crippen LogP contribution in [0, 0.1) is 20.2 Å². The summed E-state index contributed by atoms with van der Waals surface area (Å²) in [5.41, 5.74) is 38.7. The molecular weight excluding hydrogens is 1040 g/mol. The molecule has 1 amide bonds. The molecular formula is C52H77N15O13. The van der Waals surface area contributed by atoms with Gasteiger partial charge in [-0.1, -0.05) is 68.9 Å². The van der Waals surface area contributed by atoms with Crippen LogP contribution in [0.2, 0.25) is 0 Å². The van der Waals surface area contributed by atoms with Crippen molar-refractivity contribution in [3.05, 3.63) is 110 Å². The van der Waals surface area contributed by atoms with Crippen LogP contribution in [0.1, 0.15) is 107 Å². The molecule has 28 heteroatoms. The number of nitrogens with one attached hydrogen (secondary N) is 5. The van der Waals surface area contributed by atoms with Gasteiger partial charge in [0.25, 0.3) is 11.4 Å². The lowest BCUT2D eigenvalue weighted by Gasteiger charge is -2.30. The van der Waals surface area contributed by atoms with Crippen molar-refractivity contribution >= 4 is 70.5 Å². The molecule has 0 radical (unpaired) electrons. The lowest BCUT2D eigenvalue weighted by molar-refractivity contribution is -0.393. The van der Waals surface area contributed by atoms with Gasteiger partial charge in [-0.05, 0) is 108 Å². The number of anilines is 1. The number of Topliss-reactive ketones (excluding diaryl/α,β-unsaturated/α-hetero) is 3. The Balaban J connectivity index is 0.00000162. The van der Waals surface area contributed by atoms with E-state index in [4.69, 9.17) is 38.3 Å². The van der Waals surface area contributed by atoms with Gasteiger partial charge in [-0.15, -0.1) is 11.0 Å². The highest BCUT2D eigenvalue weighted by atomic mass is 16.7. The zero-order valence-electron chi connectivity index (χ0n) is 44.5. The van der Waals surface area contributed by atoms with Gasteiger partial charge in [-0.3, -0.25) is 49.4 Å². The minimum absolute atomic E-state index is 0. The monoisotopic (exact) mass is 1120 g/mol. The zero-order chi connectivity index (χ0) is 58.4. The third-order valence-electron chi connectivity index (χ3n) is 12.2. The molecule has 1 aliphatic heterocycles. The van der Waals surface area contributed by atoms with E-state index in [9.17, 15) is 53.8 Å². The minimum Gasteiger partial charge on any atom is -0.370 e. The summed E-state index contributed by atoms with van der Waals surface area (Å²) in [5, 5.41) is 26.0. The number of unbranched alkanes of at least 4 members (excludes halogenated alkanes) is 1. The number of nitro groups is 2. The Hall–Kier alpha value is -8.31. The molecule has 3 aromatic carbocycles. The van der Waals surface area contributed by atoms with Gasteiger partial charge in [0.05, 0.1) is 34.0 Å². The van der Waals surface area contributed by atoms with Gasteiger partial charge in [0.2, 0.25) is 17.5 Å².